The smallest absolute Gasteiger partial charge is 0.191 e. The first-order valence-electron chi connectivity index (χ1n) is 9.94. The Balaban J connectivity index is 0.00000261. The average Bonchev–Trinajstić information content (AvgIpc) is 3.32. The van der Waals surface area contributed by atoms with Crippen LogP contribution in [-0.2, 0) is 0 Å². The Bertz CT molecular complexity index is 591. The van der Waals surface area contributed by atoms with Gasteiger partial charge in [0.1, 0.15) is 0 Å². The Morgan fingerprint density at radius 3 is 2.78 bits per heavy atom. The van der Waals surface area contributed by atoms with E-state index in [0.29, 0.717) is 6.04 Å². The van der Waals surface area contributed by atoms with Crippen molar-refractivity contribution in [2.45, 2.75) is 38.1 Å². The van der Waals surface area contributed by atoms with Crippen LogP contribution in [0.2, 0.25) is 5.02 Å². The Morgan fingerprint density at radius 1 is 1.22 bits per heavy atom. The average molecular weight is 506 g/mol. The van der Waals surface area contributed by atoms with Gasteiger partial charge < -0.3 is 20.4 Å². The minimum atomic E-state index is 0. The van der Waals surface area contributed by atoms with Crippen molar-refractivity contribution in [3.8, 4) is 0 Å². The molecule has 2 heterocycles. The van der Waals surface area contributed by atoms with E-state index >= 15 is 0 Å². The number of benzene rings is 1. The van der Waals surface area contributed by atoms with Crippen LogP contribution >= 0.6 is 35.6 Å². The molecule has 2 aliphatic rings. The lowest BCUT2D eigenvalue weighted by atomic mass is 10.2. The molecule has 2 fully saturated rings. The highest BCUT2D eigenvalue weighted by molar-refractivity contribution is 14.0. The van der Waals surface area contributed by atoms with Gasteiger partial charge in [-0.05, 0) is 69.9 Å². The van der Waals surface area contributed by atoms with E-state index in [2.05, 4.69) is 31.5 Å². The van der Waals surface area contributed by atoms with Gasteiger partial charge in [0.05, 0.1) is 0 Å². The third-order valence-electron chi connectivity index (χ3n) is 5.32. The second-order valence-corrected chi connectivity index (χ2v) is 7.75. The first-order valence-corrected chi connectivity index (χ1v) is 10.3. The molecule has 0 bridgehead atoms. The number of guanidine groups is 1. The highest BCUT2D eigenvalue weighted by Gasteiger charge is 2.23. The normalized spacial score (nSPS) is 20.6. The Labute approximate surface area is 185 Å². The molecule has 1 aromatic carbocycles. The van der Waals surface area contributed by atoms with Crippen molar-refractivity contribution in [2.75, 3.05) is 51.2 Å². The van der Waals surface area contributed by atoms with Crippen molar-refractivity contribution in [1.29, 1.82) is 0 Å². The second kappa shape index (κ2) is 12.0. The molecule has 0 saturated carbocycles. The van der Waals surface area contributed by atoms with Crippen LogP contribution in [0.15, 0.2) is 29.3 Å². The lowest BCUT2D eigenvalue weighted by molar-refractivity contribution is 0.330. The van der Waals surface area contributed by atoms with Gasteiger partial charge in [0, 0.05) is 43.4 Å². The minimum absolute atomic E-state index is 0. The predicted octanol–water partition coefficient (Wildman–Crippen LogP) is 3.58. The largest absolute Gasteiger partial charge is 0.369 e. The molecule has 0 spiro atoms. The summed E-state index contributed by atoms with van der Waals surface area (Å²) in [4.78, 5) is 9.34. The standard InChI is InChI=1S/C20H32ClN5.HI/c1-22-20(23-10-2-3-11-25-12-4-5-13-25)24-18-9-14-26(16-18)19-8-6-7-17(21)15-19;/h6-8,15,18H,2-5,9-14,16H2,1H3,(H2,22,23,24);1H. The number of anilines is 1. The molecule has 5 nitrogen and oxygen atoms in total. The van der Waals surface area contributed by atoms with Crippen molar-refractivity contribution < 1.29 is 0 Å². The summed E-state index contributed by atoms with van der Waals surface area (Å²) in [6, 6.07) is 8.52. The van der Waals surface area contributed by atoms with Gasteiger partial charge in [-0.1, -0.05) is 17.7 Å². The molecule has 3 rings (SSSR count). The van der Waals surface area contributed by atoms with Gasteiger partial charge in [-0.15, -0.1) is 24.0 Å². The van der Waals surface area contributed by atoms with Crippen LogP contribution in [0, 0.1) is 0 Å². The molecule has 0 amide bonds. The van der Waals surface area contributed by atoms with Crippen LogP contribution in [0.25, 0.3) is 0 Å². The fourth-order valence-corrected chi connectivity index (χ4v) is 4.03. The summed E-state index contributed by atoms with van der Waals surface area (Å²) in [7, 11) is 1.85. The molecular formula is C20H33ClIN5. The molecule has 2 aliphatic heterocycles. The number of halogens is 2. The fourth-order valence-electron chi connectivity index (χ4n) is 3.85. The van der Waals surface area contributed by atoms with E-state index in [1.165, 1.54) is 51.0 Å². The first-order chi connectivity index (χ1) is 12.7. The highest BCUT2D eigenvalue weighted by Crippen LogP contribution is 2.23. The van der Waals surface area contributed by atoms with E-state index in [-0.39, 0.29) is 24.0 Å². The molecule has 152 valence electrons. The van der Waals surface area contributed by atoms with Gasteiger partial charge in [0.15, 0.2) is 5.96 Å². The molecule has 2 saturated heterocycles. The summed E-state index contributed by atoms with van der Waals surface area (Å²) in [5.41, 5.74) is 1.20. The van der Waals surface area contributed by atoms with Crippen molar-refractivity contribution in [3.05, 3.63) is 29.3 Å². The summed E-state index contributed by atoms with van der Waals surface area (Å²) < 4.78 is 0. The van der Waals surface area contributed by atoms with Gasteiger partial charge in [0.2, 0.25) is 0 Å². The van der Waals surface area contributed by atoms with Crippen LogP contribution in [0.1, 0.15) is 32.1 Å². The lowest BCUT2D eigenvalue weighted by Crippen LogP contribution is -2.44. The highest BCUT2D eigenvalue weighted by atomic mass is 127. The zero-order valence-electron chi connectivity index (χ0n) is 16.3. The third kappa shape index (κ3) is 7.31. The van der Waals surface area contributed by atoms with Gasteiger partial charge in [-0.25, -0.2) is 0 Å². The monoisotopic (exact) mass is 505 g/mol. The number of unbranched alkanes of at least 4 members (excludes halogenated alkanes) is 1. The van der Waals surface area contributed by atoms with Crippen LogP contribution in [0.5, 0.6) is 0 Å². The van der Waals surface area contributed by atoms with Gasteiger partial charge in [-0.3, -0.25) is 4.99 Å². The van der Waals surface area contributed by atoms with E-state index < -0.39 is 0 Å². The van der Waals surface area contributed by atoms with Crippen LogP contribution in [0.3, 0.4) is 0 Å². The minimum Gasteiger partial charge on any atom is -0.369 e. The van der Waals surface area contributed by atoms with Crippen LogP contribution in [0.4, 0.5) is 5.69 Å². The third-order valence-corrected chi connectivity index (χ3v) is 5.55. The van der Waals surface area contributed by atoms with E-state index in [0.717, 1.165) is 37.0 Å². The Kier molecular flexibility index (Phi) is 10.00. The number of rotatable bonds is 7. The molecule has 1 aromatic rings. The molecule has 0 aromatic heterocycles. The van der Waals surface area contributed by atoms with Gasteiger partial charge in [-0.2, -0.15) is 0 Å². The quantitative estimate of drug-likeness (QED) is 0.257. The molecule has 1 unspecified atom stereocenters. The molecule has 27 heavy (non-hydrogen) atoms. The second-order valence-electron chi connectivity index (χ2n) is 7.31. The first kappa shape index (κ1) is 22.6. The number of nitrogens with zero attached hydrogens (tertiary/aromatic N) is 3. The zero-order chi connectivity index (χ0) is 18.2. The number of likely N-dealkylation sites (tertiary alicyclic amines) is 1. The maximum absolute atomic E-state index is 6.12. The molecule has 0 aliphatic carbocycles. The molecule has 2 N–H and O–H groups in total. The van der Waals surface area contributed by atoms with Crippen molar-refractivity contribution in [2.24, 2.45) is 4.99 Å². The number of hydrogen-bond donors (Lipinski definition) is 2. The Morgan fingerprint density at radius 2 is 2.04 bits per heavy atom. The van der Waals surface area contributed by atoms with Crippen molar-refractivity contribution in [1.82, 2.24) is 15.5 Å². The van der Waals surface area contributed by atoms with Crippen molar-refractivity contribution >= 4 is 47.2 Å². The predicted molar refractivity (Wildman–Crippen MR) is 127 cm³/mol. The van der Waals surface area contributed by atoms with Gasteiger partial charge >= 0.3 is 0 Å². The van der Waals surface area contributed by atoms with E-state index in [1.54, 1.807) is 0 Å². The summed E-state index contributed by atoms with van der Waals surface area (Å²) in [5.74, 6) is 0.920. The summed E-state index contributed by atoms with van der Waals surface area (Å²) in [6.45, 7) is 6.84. The molecule has 7 heteroatoms. The maximum Gasteiger partial charge on any atom is 0.191 e. The van der Waals surface area contributed by atoms with Gasteiger partial charge in [0.25, 0.3) is 0 Å². The molecule has 1 atom stereocenters. The van der Waals surface area contributed by atoms with Crippen LogP contribution < -0.4 is 15.5 Å². The van der Waals surface area contributed by atoms with Crippen LogP contribution in [-0.4, -0.2) is 63.2 Å². The maximum atomic E-state index is 6.12. The summed E-state index contributed by atoms with van der Waals surface area (Å²) in [5, 5.41) is 7.83. The van der Waals surface area contributed by atoms with E-state index in [4.69, 9.17) is 11.6 Å². The Hall–Kier alpha value is -0.730. The summed E-state index contributed by atoms with van der Waals surface area (Å²) >= 11 is 6.12. The zero-order valence-corrected chi connectivity index (χ0v) is 19.4. The topological polar surface area (TPSA) is 42.9 Å². The number of hydrogen-bond acceptors (Lipinski definition) is 3. The summed E-state index contributed by atoms with van der Waals surface area (Å²) in [6.07, 6.45) is 6.32. The number of nitrogens with one attached hydrogen (secondary N) is 2. The fraction of sp³-hybridized carbons (Fsp3) is 0.650. The van der Waals surface area contributed by atoms with E-state index in [1.807, 2.05) is 25.2 Å². The lowest BCUT2D eigenvalue weighted by Gasteiger charge is -2.20. The van der Waals surface area contributed by atoms with Crippen molar-refractivity contribution in [3.63, 3.8) is 0 Å². The van der Waals surface area contributed by atoms with E-state index in [9.17, 15) is 0 Å². The molecular weight excluding hydrogens is 473 g/mol. The molecule has 0 radical (unpaired) electrons. The number of aliphatic imine (C=N–C) groups is 1. The SMILES string of the molecule is CN=C(NCCCCN1CCCC1)NC1CCN(c2cccc(Cl)c2)C1.I.